The van der Waals surface area contributed by atoms with Gasteiger partial charge in [0.15, 0.2) is 0 Å². The van der Waals surface area contributed by atoms with Crippen molar-refractivity contribution in [2.24, 2.45) is 29.6 Å². The number of hydrogen-bond donors (Lipinski definition) is 2. The van der Waals surface area contributed by atoms with Gasteiger partial charge in [0.1, 0.15) is 6.54 Å². The number of carboxylic acids is 1. The lowest BCUT2D eigenvalue weighted by atomic mass is 10.0. The number of fused-ring (bicyclic) bond motifs is 5. The van der Waals surface area contributed by atoms with Crippen molar-refractivity contribution in [2.45, 2.75) is 19.3 Å². The van der Waals surface area contributed by atoms with Crippen molar-refractivity contribution >= 4 is 11.9 Å². The summed E-state index contributed by atoms with van der Waals surface area (Å²) in [6.07, 6.45) is 3.89. The summed E-state index contributed by atoms with van der Waals surface area (Å²) in [5.41, 5.74) is 0. The second-order valence-corrected chi connectivity index (χ2v) is 5.13. The molecule has 3 fully saturated rings. The fraction of sp³-hybridized carbons (Fsp3) is 0.818. The van der Waals surface area contributed by atoms with Crippen molar-refractivity contribution in [1.29, 1.82) is 0 Å². The van der Waals surface area contributed by atoms with Gasteiger partial charge >= 0.3 is 5.97 Å². The molecule has 0 aliphatic heterocycles. The molecule has 3 saturated carbocycles. The zero-order valence-corrected chi connectivity index (χ0v) is 8.48. The Kier molecular flexibility index (Phi) is 1.82. The Labute approximate surface area is 88.0 Å². The van der Waals surface area contributed by atoms with Crippen LogP contribution in [0.15, 0.2) is 0 Å². The number of carbonyl (C=O) groups excluding carboxylic acids is 1. The zero-order valence-electron chi connectivity index (χ0n) is 8.48. The molecule has 0 radical (unpaired) electrons. The Balaban J connectivity index is 1.58. The number of carbonyl (C=O) groups is 2. The lowest BCUT2D eigenvalue weighted by molar-refractivity contribution is -0.138. The average molecular weight is 209 g/mol. The molecule has 0 aromatic heterocycles. The van der Waals surface area contributed by atoms with Gasteiger partial charge in [-0.1, -0.05) is 0 Å². The molecule has 3 rings (SSSR count). The fourth-order valence-corrected chi connectivity index (χ4v) is 3.96. The quantitative estimate of drug-likeness (QED) is 0.710. The van der Waals surface area contributed by atoms with Crippen LogP contribution in [0.1, 0.15) is 19.3 Å². The van der Waals surface area contributed by atoms with Gasteiger partial charge in [-0.3, -0.25) is 9.59 Å². The summed E-state index contributed by atoms with van der Waals surface area (Å²) in [6.45, 7) is -0.232. The van der Waals surface area contributed by atoms with E-state index in [4.69, 9.17) is 5.11 Å². The summed E-state index contributed by atoms with van der Waals surface area (Å²) in [7, 11) is 0. The molecule has 4 heteroatoms. The van der Waals surface area contributed by atoms with Crippen molar-refractivity contribution in [3.8, 4) is 0 Å². The molecule has 3 aliphatic rings. The molecular formula is C11H15NO3. The minimum absolute atomic E-state index is 0.0241. The Morgan fingerprint density at radius 1 is 1.20 bits per heavy atom. The molecule has 0 saturated heterocycles. The predicted octanol–water partition coefficient (Wildman–Crippen LogP) is 0.479. The maximum atomic E-state index is 11.7. The highest BCUT2D eigenvalue weighted by molar-refractivity contribution is 5.85. The van der Waals surface area contributed by atoms with E-state index >= 15 is 0 Å². The predicted molar refractivity (Wildman–Crippen MR) is 51.9 cm³/mol. The summed E-state index contributed by atoms with van der Waals surface area (Å²) in [4.78, 5) is 22.0. The Hall–Kier alpha value is -1.06. The van der Waals surface area contributed by atoms with E-state index < -0.39 is 5.97 Å². The van der Waals surface area contributed by atoms with Gasteiger partial charge in [-0.05, 0) is 42.9 Å². The van der Waals surface area contributed by atoms with Crippen LogP contribution in [-0.4, -0.2) is 23.5 Å². The summed E-state index contributed by atoms with van der Waals surface area (Å²) >= 11 is 0. The van der Waals surface area contributed by atoms with Crippen molar-refractivity contribution < 1.29 is 14.7 Å². The lowest BCUT2D eigenvalue weighted by Gasteiger charge is -2.07. The standard InChI is InChI=1S/C11H15NO3/c13-7(14)4-12-11(15)10-8-5-1-2-6(3-5)9(8)10/h5-6,8-10H,1-4H2,(H,12,15)(H,13,14)/t5-,6-,8-,9+,10?/m0/s1. The number of amides is 1. The van der Waals surface area contributed by atoms with Crippen LogP contribution in [0.4, 0.5) is 0 Å². The maximum Gasteiger partial charge on any atom is 0.322 e. The normalized spacial score (nSPS) is 44.9. The van der Waals surface area contributed by atoms with Crippen LogP contribution in [0.3, 0.4) is 0 Å². The van der Waals surface area contributed by atoms with E-state index in [0.29, 0.717) is 11.8 Å². The van der Waals surface area contributed by atoms with Gasteiger partial charge in [-0.25, -0.2) is 0 Å². The van der Waals surface area contributed by atoms with Crippen molar-refractivity contribution in [3.05, 3.63) is 0 Å². The first-order chi connectivity index (χ1) is 7.18. The first-order valence-corrected chi connectivity index (χ1v) is 5.68. The molecule has 0 aromatic rings. The maximum absolute atomic E-state index is 11.7. The minimum atomic E-state index is -0.961. The molecule has 0 aromatic carbocycles. The molecule has 0 heterocycles. The molecule has 2 N–H and O–H groups in total. The molecule has 82 valence electrons. The van der Waals surface area contributed by atoms with Crippen LogP contribution in [0.25, 0.3) is 0 Å². The SMILES string of the molecule is O=C(O)CNC(=O)C1[C@@H]2[C@H]3CC[C@@H](C3)[C@H]12. The van der Waals surface area contributed by atoms with Gasteiger partial charge in [0, 0.05) is 5.92 Å². The van der Waals surface area contributed by atoms with Crippen LogP contribution >= 0.6 is 0 Å². The number of aliphatic carboxylic acids is 1. The number of carboxylic acid groups (broad SMARTS) is 1. The largest absolute Gasteiger partial charge is 0.480 e. The molecule has 1 unspecified atom stereocenters. The van der Waals surface area contributed by atoms with E-state index in [1.165, 1.54) is 19.3 Å². The summed E-state index contributed by atoms with van der Waals surface area (Å²) in [5.74, 6) is 1.88. The summed E-state index contributed by atoms with van der Waals surface area (Å²) in [5, 5.41) is 11.0. The van der Waals surface area contributed by atoms with Crippen LogP contribution < -0.4 is 5.32 Å². The second-order valence-electron chi connectivity index (χ2n) is 5.13. The Morgan fingerprint density at radius 2 is 1.80 bits per heavy atom. The third-order valence-electron chi connectivity index (χ3n) is 4.45. The Bertz CT molecular complexity index is 312. The van der Waals surface area contributed by atoms with Gasteiger partial charge in [-0.2, -0.15) is 0 Å². The number of hydrogen-bond acceptors (Lipinski definition) is 2. The molecule has 3 aliphatic carbocycles. The average Bonchev–Trinajstić information content (AvgIpc) is 2.64. The molecule has 0 spiro atoms. The first kappa shape index (κ1) is 9.19. The van der Waals surface area contributed by atoms with Crippen molar-refractivity contribution in [1.82, 2.24) is 5.32 Å². The van der Waals surface area contributed by atoms with E-state index in [1.807, 2.05) is 0 Å². The Morgan fingerprint density at radius 3 is 2.33 bits per heavy atom. The van der Waals surface area contributed by atoms with E-state index in [2.05, 4.69) is 5.32 Å². The van der Waals surface area contributed by atoms with Gasteiger partial charge in [0.2, 0.25) is 5.91 Å². The number of rotatable bonds is 3. The molecule has 15 heavy (non-hydrogen) atoms. The van der Waals surface area contributed by atoms with E-state index in [0.717, 1.165) is 11.8 Å². The summed E-state index contributed by atoms with van der Waals surface area (Å²) in [6, 6.07) is 0. The van der Waals surface area contributed by atoms with E-state index in [1.54, 1.807) is 0 Å². The molecule has 1 amide bonds. The van der Waals surface area contributed by atoms with Crippen LogP contribution in [0.5, 0.6) is 0 Å². The molecule has 2 bridgehead atoms. The fourth-order valence-electron chi connectivity index (χ4n) is 3.96. The third kappa shape index (κ3) is 1.27. The van der Waals surface area contributed by atoms with E-state index in [-0.39, 0.29) is 18.4 Å². The van der Waals surface area contributed by atoms with Crippen molar-refractivity contribution in [2.75, 3.05) is 6.54 Å². The first-order valence-electron chi connectivity index (χ1n) is 5.68. The second kappa shape index (κ2) is 2.97. The topological polar surface area (TPSA) is 66.4 Å². The molecule has 5 atom stereocenters. The van der Waals surface area contributed by atoms with Gasteiger partial charge in [-0.15, -0.1) is 0 Å². The zero-order chi connectivity index (χ0) is 10.6. The highest BCUT2D eigenvalue weighted by Gasteiger charge is 2.67. The van der Waals surface area contributed by atoms with E-state index in [9.17, 15) is 9.59 Å². The highest BCUT2D eigenvalue weighted by Crippen LogP contribution is 2.69. The lowest BCUT2D eigenvalue weighted by Crippen LogP contribution is -2.32. The van der Waals surface area contributed by atoms with Crippen molar-refractivity contribution in [3.63, 3.8) is 0 Å². The molecular weight excluding hydrogens is 194 g/mol. The van der Waals surface area contributed by atoms with Gasteiger partial charge < -0.3 is 10.4 Å². The minimum Gasteiger partial charge on any atom is -0.480 e. The van der Waals surface area contributed by atoms with Gasteiger partial charge in [0.25, 0.3) is 0 Å². The van der Waals surface area contributed by atoms with Gasteiger partial charge in [0.05, 0.1) is 0 Å². The highest BCUT2D eigenvalue weighted by atomic mass is 16.4. The third-order valence-corrected chi connectivity index (χ3v) is 4.45. The smallest absolute Gasteiger partial charge is 0.322 e. The number of nitrogens with one attached hydrogen (secondary N) is 1. The molecule has 4 nitrogen and oxygen atoms in total. The summed E-state index contributed by atoms with van der Waals surface area (Å²) < 4.78 is 0. The monoisotopic (exact) mass is 209 g/mol. The van der Waals surface area contributed by atoms with Crippen LogP contribution in [-0.2, 0) is 9.59 Å². The van der Waals surface area contributed by atoms with Crippen LogP contribution in [0.2, 0.25) is 0 Å². The van der Waals surface area contributed by atoms with Crippen LogP contribution in [0, 0.1) is 29.6 Å².